The maximum atomic E-state index is 12.7. The standard InChI is InChI=1S/C19H21NO4/c1-22-16-9-8-14(12-17(16)23-2)13-18(21)20-10-11-24-19(20)15-6-4-3-5-7-15/h3-9,12,19H,10-11,13H2,1-2H3. The first-order valence-corrected chi connectivity index (χ1v) is 7.90. The molecule has 3 rings (SSSR count). The van der Waals surface area contributed by atoms with Crippen molar-refractivity contribution in [1.82, 2.24) is 4.90 Å². The molecule has 1 saturated heterocycles. The van der Waals surface area contributed by atoms with Crippen LogP contribution in [0.25, 0.3) is 0 Å². The molecule has 2 aromatic carbocycles. The molecule has 1 aliphatic rings. The van der Waals surface area contributed by atoms with Gasteiger partial charge >= 0.3 is 0 Å². The van der Waals surface area contributed by atoms with Crippen molar-refractivity contribution in [2.75, 3.05) is 27.4 Å². The Kier molecular flexibility index (Phi) is 5.01. The molecule has 1 unspecified atom stereocenters. The molecule has 2 aromatic rings. The Morgan fingerprint density at radius 3 is 2.58 bits per heavy atom. The van der Waals surface area contributed by atoms with Crippen LogP contribution in [0.15, 0.2) is 48.5 Å². The predicted octanol–water partition coefficient (Wildman–Crippen LogP) is 2.80. The topological polar surface area (TPSA) is 48.0 Å². The predicted molar refractivity (Wildman–Crippen MR) is 90.1 cm³/mol. The van der Waals surface area contributed by atoms with E-state index in [4.69, 9.17) is 14.2 Å². The maximum absolute atomic E-state index is 12.7. The van der Waals surface area contributed by atoms with E-state index in [0.717, 1.165) is 11.1 Å². The number of amides is 1. The van der Waals surface area contributed by atoms with E-state index in [1.807, 2.05) is 48.5 Å². The molecule has 1 aliphatic heterocycles. The van der Waals surface area contributed by atoms with Crippen LogP contribution in [0.1, 0.15) is 17.4 Å². The SMILES string of the molecule is COc1ccc(CC(=O)N2CCOC2c2ccccc2)cc1OC. The first-order chi connectivity index (χ1) is 11.7. The summed E-state index contributed by atoms with van der Waals surface area (Å²) < 4.78 is 16.3. The van der Waals surface area contributed by atoms with Crippen molar-refractivity contribution in [1.29, 1.82) is 0 Å². The average Bonchev–Trinajstić information content (AvgIpc) is 3.12. The maximum Gasteiger partial charge on any atom is 0.229 e. The molecular weight excluding hydrogens is 306 g/mol. The van der Waals surface area contributed by atoms with Gasteiger partial charge < -0.3 is 19.1 Å². The van der Waals surface area contributed by atoms with Gasteiger partial charge in [0.1, 0.15) is 0 Å². The zero-order valence-electron chi connectivity index (χ0n) is 13.9. The smallest absolute Gasteiger partial charge is 0.229 e. The largest absolute Gasteiger partial charge is 0.493 e. The summed E-state index contributed by atoms with van der Waals surface area (Å²) in [7, 11) is 3.18. The van der Waals surface area contributed by atoms with E-state index in [0.29, 0.717) is 31.1 Å². The molecule has 0 N–H and O–H groups in total. The van der Waals surface area contributed by atoms with E-state index in [2.05, 4.69) is 0 Å². The number of hydrogen-bond donors (Lipinski definition) is 0. The van der Waals surface area contributed by atoms with Gasteiger partial charge in [0.15, 0.2) is 17.7 Å². The Hall–Kier alpha value is -2.53. The third kappa shape index (κ3) is 3.36. The zero-order valence-corrected chi connectivity index (χ0v) is 13.9. The number of ether oxygens (including phenoxy) is 3. The fraction of sp³-hybridized carbons (Fsp3) is 0.316. The molecule has 0 aromatic heterocycles. The average molecular weight is 327 g/mol. The second kappa shape index (κ2) is 7.36. The van der Waals surface area contributed by atoms with E-state index in [9.17, 15) is 4.79 Å². The van der Waals surface area contributed by atoms with Crippen LogP contribution in [0, 0.1) is 0 Å². The molecule has 0 saturated carbocycles. The molecule has 1 amide bonds. The highest BCUT2D eigenvalue weighted by molar-refractivity contribution is 5.79. The molecule has 5 heteroatoms. The molecule has 0 aliphatic carbocycles. The highest BCUT2D eigenvalue weighted by Gasteiger charge is 2.30. The summed E-state index contributed by atoms with van der Waals surface area (Å²) in [4.78, 5) is 14.5. The third-order valence-electron chi connectivity index (χ3n) is 4.10. The summed E-state index contributed by atoms with van der Waals surface area (Å²) in [6.07, 6.45) is -0.00797. The molecule has 1 fully saturated rings. The van der Waals surface area contributed by atoms with Gasteiger partial charge in [0.25, 0.3) is 0 Å². The number of hydrogen-bond acceptors (Lipinski definition) is 4. The summed E-state index contributed by atoms with van der Waals surface area (Å²) in [5, 5.41) is 0. The minimum absolute atomic E-state index is 0.0357. The second-order valence-electron chi connectivity index (χ2n) is 5.59. The summed E-state index contributed by atoms with van der Waals surface area (Å²) in [5.74, 6) is 1.31. The lowest BCUT2D eigenvalue weighted by atomic mass is 10.1. The Balaban J connectivity index is 1.75. The monoisotopic (exact) mass is 327 g/mol. The van der Waals surface area contributed by atoms with Crippen molar-refractivity contribution in [3.05, 3.63) is 59.7 Å². The molecule has 5 nitrogen and oxygen atoms in total. The summed E-state index contributed by atoms with van der Waals surface area (Å²) >= 11 is 0. The van der Waals surface area contributed by atoms with E-state index in [1.54, 1.807) is 19.1 Å². The van der Waals surface area contributed by atoms with Gasteiger partial charge in [-0.15, -0.1) is 0 Å². The number of carbonyl (C=O) groups excluding carboxylic acids is 1. The quantitative estimate of drug-likeness (QED) is 0.847. The molecule has 0 bridgehead atoms. The van der Waals surface area contributed by atoms with E-state index in [1.165, 1.54) is 0 Å². The minimum atomic E-state index is -0.307. The molecule has 0 spiro atoms. The van der Waals surface area contributed by atoms with Crippen LogP contribution >= 0.6 is 0 Å². The number of benzene rings is 2. The first kappa shape index (κ1) is 16.3. The van der Waals surface area contributed by atoms with Gasteiger partial charge in [-0.3, -0.25) is 4.79 Å². The van der Waals surface area contributed by atoms with Crippen LogP contribution in [-0.4, -0.2) is 38.2 Å². The van der Waals surface area contributed by atoms with Crippen LogP contribution in [0.3, 0.4) is 0 Å². The van der Waals surface area contributed by atoms with Gasteiger partial charge in [-0.2, -0.15) is 0 Å². The Morgan fingerprint density at radius 1 is 1.12 bits per heavy atom. The van der Waals surface area contributed by atoms with Gasteiger partial charge in [0.2, 0.25) is 5.91 Å². The van der Waals surface area contributed by atoms with E-state index >= 15 is 0 Å². The summed E-state index contributed by atoms with van der Waals surface area (Å²) in [5.41, 5.74) is 1.88. The van der Waals surface area contributed by atoms with Gasteiger partial charge in [0, 0.05) is 12.1 Å². The van der Waals surface area contributed by atoms with E-state index < -0.39 is 0 Å². The highest BCUT2D eigenvalue weighted by Crippen LogP contribution is 2.30. The normalized spacial score (nSPS) is 16.9. The fourth-order valence-electron chi connectivity index (χ4n) is 2.89. The van der Waals surface area contributed by atoms with Crippen molar-refractivity contribution >= 4 is 5.91 Å². The highest BCUT2D eigenvalue weighted by atomic mass is 16.5. The zero-order chi connectivity index (χ0) is 16.9. The van der Waals surface area contributed by atoms with Crippen LogP contribution < -0.4 is 9.47 Å². The molecule has 1 heterocycles. The number of nitrogens with zero attached hydrogens (tertiary/aromatic N) is 1. The van der Waals surface area contributed by atoms with Crippen molar-refractivity contribution < 1.29 is 19.0 Å². The Bertz CT molecular complexity index is 702. The summed E-state index contributed by atoms with van der Waals surface area (Å²) in [6.45, 7) is 1.16. The van der Waals surface area contributed by atoms with E-state index in [-0.39, 0.29) is 12.1 Å². The Morgan fingerprint density at radius 2 is 1.88 bits per heavy atom. The lowest BCUT2D eigenvalue weighted by molar-refractivity contribution is -0.135. The molecule has 24 heavy (non-hydrogen) atoms. The van der Waals surface area contributed by atoms with Crippen molar-refractivity contribution in [2.45, 2.75) is 12.6 Å². The lowest BCUT2D eigenvalue weighted by Crippen LogP contribution is -2.32. The molecule has 0 radical (unpaired) electrons. The van der Waals surface area contributed by atoms with Gasteiger partial charge in [0.05, 0.1) is 27.2 Å². The van der Waals surface area contributed by atoms with Crippen LogP contribution in [0.5, 0.6) is 11.5 Å². The first-order valence-electron chi connectivity index (χ1n) is 7.90. The van der Waals surface area contributed by atoms with Crippen molar-refractivity contribution in [2.24, 2.45) is 0 Å². The molecular formula is C19H21NO4. The molecule has 126 valence electrons. The second-order valence-corrected chi connectivity index (χ2v) is 5.59. The number of methoxy groups -OCH3 is 2. The van der Waals surface area contributed by atoms with Crippen molar-refractivity contribution in [3.8, 4) is 11.5 Å². The number of rotatable bonds is 5. The summed E-state index contributed by atoms with van der Waals surface area (Å²) in [6, 6.07) is 15.4. The Labute approximate surface area is 141 Å². The van der Waals surface area contributed by atoms with Crippen LogP contribution in [-0.2, 0) is 16.0 Å². The van der Waals surface area contributed by atoms with Crippen LogP contribution in [0.4, 0.5) is 0 Å². The third-order valence-corrected chi connectivity index (χ3v) is 4.10. The van der Waals surface area contributed by atoms with Gasteiger partial charge in [-0.1, -0.05) is 36.4 Å². The van der Waals surface area contributed by atoms with Crippen LogP contribution in [0.2, 0.25) is 0 Å². The lowest BCUT2D eigenvalue weighted by Gasteiger charge is -2.23. The fourth-order valence-corrected chi connectivity index (χ4v) is 2.89. The van der Waals surface area contributed by atoms with Crippen molar-refractivity contribution in [3.63, 3.8) is 0 Å². The molecule has 1 atom stereocenters. The van der Waals surface area contributed by atoms with Gasteiger partial charge in [-0.05, 0) is 17.7 Å². The minimum Gasteiger partial charge on any atom is -0.493 e. The number of carbonyl (C=O) groups is 1. The van der Waals surface area contributed by atoms with Gasteiger partial charge in [-0.25, -0.2) is 0 Å².